The highest BCUT2D eigenvalue weighted by Gasteiger charge is 2.59. The Hall–Kier alpha value is -4.68. The number of carbonyl (C=O) groups excluding carboxylic acids is 2. The molecule has 1 aromatic heterocycles. The zero-order valence-electron chi connectivity index (χ0n) is 18.8. The third kappa shape index (κ3) is 3.83. The molecule has 1 saturated heterocycles. The number of nitro benzene ring substituents is 1. The third-order valence-electron chi connectivity index (χ3n) is 6.46. The average Bonchev–Trinajstić information content (AvgIpc) is 3.53. The smallest absolute Gasteiger partial charge is 0.316 e. The van der Waals surface area contributed by atoms with E-state index in [1.54, 1.807) is 6.92 Å². The van der Waals surface area contributed by atoms with Gasteiger partial charge in [-0.05, 0) is 31.2 Å². The number of aromatic nitrogens is 1. The minimum absolute atomic E-state index is 0.00788. The quantitative estimate of drug-likeness (QED) is 0.176. The number of hydrogen-bond donors (Lipinski definition) is 0. The maximum absolute atomic E-state index is 12.8. The van der Waals surface area contributed by atoms with E-state index in [2.05, 4.69) is 10.1 Å². The summed E-state index contributed by atoms with van der Waals surface area (Å²) in [6.45, 7) is 1.81. The molecule has 2 aromatic rings. The summed E-state index contributed by atoms with van der Waals surface area (Å²) in [6.07, 6.45) is 6.89. The lowest BCUT2D eigenvalue weighted by atomic mass is 9.85. The number of ether oxygens (including phenoxy) is 2. The predicted molar refractivity (Wildman–Crippen MR) is 122 cm³/mol. The van der Waals surface area contributed by atoms with Gasteiger partial charge in [-0.1, -0.05) is 12.2 Å². The van der Waals surface area contributed by atoms with Gasteiger partial charge in [0.25, 0.3) is 17.5 Å². The molecule has 3 aliphatic rings. The monoisotopic (exact) mass is 493 g/mol. The van der Waals surface area contributed by atoms with Gasteiger partial charge in [0.05, 0.1) is 34.5 Å². The molecule has 2 heterocycles. The molecule has 0 N–H and O–H groups in total. The zero-order valence-corrected chi connectivity index (χ0v) is 18.8. The molecule has 1 saturated carbocycles. The Bertz CT molecular complexity index is 1310. The molecule has 13 heteroatoms. The summed E-state index contributed by atoms with van der Waals surface area (Å²) in [7, 11) is 0. The van der Waals surface area contributed by atoms with Crippen molar-refractivity contribution in [1.82, 2.24) is 9.99 Å². The number of benzene rings is 1. The Morgan fingerprint density at radius 3 is 2.36 bits per heavy atom. The third-order valence-corrected chi connectivity index (χ3v) is 6.46. The molecular weight excluding hydrogens is 474 g/mol. The van der Waals surface area contributed by atoms with Crippen LogP contribution in [0.2, 0.25) is 0 Å². The van der Waals surface area contributed by atoms with Gasteiger partial charge in [0.2, 0.25) is 11.6 Å². The first kappa shape index (κ1) is 23.1. The van der Waals surface area contributed by atoms with E-state index in [-0.39, 0.29) is 58.9 Å². The molecule has 2 fully saturated rings. The number of hydrogen-bond acceptors (Lipinski definition) is 10. The molecule has 4 atom stereocenters. The van der Waals surface area contributed by atoms with Gasteiger partial charge >= 0.3 is 5.69 Å². The molecule has 0 radical (unpaired) electrons. The van der Waals surface area contributed by atoms with Gasteiger partial charge in [0.1, 0.15) is 6.20 Å². The average molecular weight is 493 g/mol. The topological polar surface area (TPSA) is 167 Å². The van der Waals surface area contributed by atoms with Gasteiger partial charge in [-0.25, -0.2) is 4.98 Å². The number of imide groups is 1. The molecule has 2 amide bonds. The van der Waals surface area contributed by atoms with Crippen LogP contribution in [0.15, 0.2) is 47.7 Å². The Morgan fingerprint density at radius 1 is 1.11 bits per heavy atom. The van der Waals surface area contributed by atoms with Crippen LogP contribution >= 0.6 is 0 Å². The van der Waals surface area contributed by atoms with Crippen molar-refractivity contribution in [2.75, 3.05) is 6.61 Å². The summed E-state index contributed by atoms with van der Waals surface area (Å²) in [6, 6.07) is 4.93. The minimum atomic E-state index is -0.694. The zero-order chi connectivity index (χ0) is 25.6. The standard InChI is InChI=1S/C23H19N5O8/c1-2-35-17-8-12(10-25-26-22(29)19-13-3-4-14(9-13)20(19)23(26)30)7-16(28(33)34)21(17)36-18-6-5-15(11-24-18)27(31)32/h3-8,10-11,13-14,19-20H,2,9H2,1H3. The van der Waals surface area contributed by atoms with Gasteiger partial charge in [0.15, 0.2) is 5.75 Å². The van der Waals surface area contributed by atoms with E-state index < -0.39 is 27.4 Å². The first-order chi connectivity index (χ1) is 17.3. The van der Waals surface area contributed by atoms with Gasteiger partial charge < -0.3 is 9.47 Å². The van der Waals surface area contributed by atoms with E-state index >= 15 is 0 Å². The molecule has 0 spiro atoms. The predicted octanol–water partition coefficient (Wildman–Crippen LogP) is 3.23. The Balaban J connectivity index is 1.44. The number of nitrogens with zero attached hydrogens (tertiary/aromatic N) is 5. The second-order valence-electron chi connectivity index (χ2n) is 8.50. The van der Waals surface area contributed by atoms with Crippen LogP contribution in [0.3, 0.4) is 0 Å². The summed E-state index contributed by atoms with van der Waals surface area (Å²) >= 11 is 0. The van der Waals surface area contributed by atoms with Crippen molar-refractivity contribution < 1.29 is 28.9 Å². The molecule has 1 aliphatic heterocycles. The van der Waals surface area contributed by atoms with Crippen molar-refractivity contribution in [3.63, 3.8) is 0 Å². The minimum Gasteiger partial charge on any atom is -0.490 e. The number of rotatable bonds is 8. The highest BCUT2D eigenvalue weighted by molar-refractivity contribution is 6.06. The molecule has 184 valence electrons. The molecule has 2 aliphatic carbocycles. The van der Waals surface area contributed by atoms with E-state index in [0.717, 1.165) is 29.8 Å². The number of pyridine rings is 1. The van der Waals surface area contributed by atoms with E-state index in [9.17, 15) is 29.8 Å². The normalized spacial score (nSPS) is 24.0. The van der Waals surface area contributed by atoms with Crippen LogP contribution in [-0.4, -0.2) is 44.5 Å². The van der Waals surface area contributed by atoms with Gasteiger partial charge in [-0.3, -0.25) is 29.8 Å². The second kappa shape index (κ2) is 8.83. The van der Waals surface area contributed by atoms with E-state index in [0.29, 0.717) is 0 Å². The van der Waals surface area contributed by atoms with E-state index in [1.165, 1.54) is 18.3 Å². The molecule has 2 bridgehead atoms. The Kier molecular flexibility index (Phi) is 5.66. The summed E-state index contributed by atoms with van der Waals surface area (Å²) in [4.78, 5) is 50.8. The number of fused-ring (bicyclic) bond motifs is 5. The van der Waals surface area contributed by atoms with Crippen LogP contribution < -0.4 is 9.47 Å². The van der Waals surface area contributed by atoms with Crippen LogP contribution in [0.5, 0.6) is 17.4 Å². The SMILES string of the molecule is CCOc1cc(C=NN2C(=O)C3C4C=CC(C4)C3C2=O)cc([N+](=O)[O-])c1Oc1ccc([N+](=O)[O-])cn1. The van der Waals surface area contributed by atoms with Crippen LogP contribution in [0.25, 0.3) is 0 Å². The molecule has 4 unspecified atom stereocenters. The Labute approximate surface area is 203 Å². The van der Waals surface area contributed by atoms with Crippen LogP contribution in [0.1, 0.15) is 18.9 Å². The first-order valence-electron chi connectivity index (χ1n) is 11.1. The van der Waals surface area contributed by atoms with Crippen LogP contribution in [-0.2, 0) is 9.59 Å². The number of hydrazone groups is 1. The van der Waals surface area contributed by atoms with Crippen molar-refractivity contribution in [1.29, 1.82) is 0 Å². The number of allylic oxidation sites excluding steroid dienone is 2. The largest absolute Gasteiger partial charge is 0.490 e. The molecule has 36 heavy (non-hydrogen) atoms. The molecule has 1 aromatic carbocycles. The van der Waals surface area contributed by atoms with Crippen LogP contribution in [0, 0.1) is 43.9 Å². The number of amides is 2. The van der Waals surface area contributed by atoms with Crippen molar-refractivity contribution in [3.8, 4) is 17.4 Å². The maximum Gasteiger partial charge on any atom is 0.316 e. The van der Waals surface area contributed by atoms with Crippen molar-refractivity contribution >= 4 is 29.4 Å². The highest BCUT2D eigenvalue weighted by atomic mass is 16.6. The fourth-order valence-electron chi connectivity index (χ4n) is 4.95. The van der Waals surface area contributed by atoms with Crippen molar-refractivity contribution in [3.05, 3.63) is 68.4 Å². The van der Waals surface area contributed by atoms with E-state index in [4.69, 9.17) is 9.47 Å². The van der Waals surface area contributed by atoms with Gasteiger partial charge in [0, 0.05) is 23.8 Å². The van der Waals surface area contributed by atoms with Gasteiger partial charge in [-0.2, -0.15) is 10.1 Å². The molecular formula is C23H19N5O8. The fourth-order valence-corrected chi connectivity index (χ4v) is 4.95. The van der Waals surface area contributed by atoms with Crippen molar-refractivity contribution in [2.45, 2.75) is 13.3 Å². The Morgan fingerprint density at radius 2 is 1.81 bits per heavy atom. The second-order valence-corrected chi connectivity index (χ2v) is 8.50. The summed E-state index contributed by atoms with van der Waals surface area (Å²) in [5, 5.41) is 27.6. The summed E-state index contributed by atoms with van der Waals surface area (Å²) in [5.41, 5.74) is -0.555. The molecule has 5 rings (SSSR count). The highest BCUT2D eigenvalue weighted by Crippen LogP contribution is 2.52. The molecule has 13 nitrogen and oxygen atoms in total. The maximum atomic E-state index is 12.8. The fraction of sp³-hybridized carbons (Fsp3) is 0.304. The first-order valence-corrected chi connectivity index (χ1v) is 11.1. The van der Waals surface area contributed by atoms with Crippen molar-refractivity contribution in [2.24, 2.45) is 28.8 Å². The summed E-state index contributed by atoms with van der Waals surface area (Å²) in [5.74, 6) is -1.89. The lowest BCUT2D eigenvalue weighted by molar-refractivity contribution is -0.385. The van der Waals surface area contributed by atoms with Crippen LogP contribution in [0.4, 0.5) is 11.4 Å². The number of nitro groups is 2. The summed E-state index contributed by atoms with van der Waals surface area (Å²) < 4.78 is 11.1. The number of carbonyl (C=O) groups is 2. The van der Waals surface area contributed by atoms with Gasteiger partial charge in [-0.15, -0.1) is 0 Å². The lowest BCUT2D eigenvalue weighted by Crippen LogP contribution is -2.28. The lowest BCUT2D eigenvalue weighted by Gasteiger charge is -2.13. The van der Waals surface area contributed by atoms with E-state index in [1.807, 2.05) is 12.2 Å².